The molecule has 240 valence electrons. The molecule has 8 aromatic carbocycles. The highest BCUT2D eigenvalue weighted by molar-refractivity contribution is 6.38. The molecule has 0 atom stereocenters. The molecule has 2 heteroatoms. The van der Waals surface area contributed by atoms with Crippen LogP contribution in [0.1, 0.15) is 63.8 Å². The van der Waals surface area contributed by atoms with E-state index in [9.17, 15) is 10.5 Å². The average Bonchev–Trinajstić information content (AvgIpc) is 3.12. The fourth-order valence-corrected chi connectivity index (χ4v) is 7.72. The van der Waals surface area contributed by atoms with Crippen LogP contribution >= 0.6 is 0 Å². The molecule has 0 bridgehead atoms. The van der Waals surface area contributed by atoms with Crippen molar-refractivity contribution in [3.05, 3.63) is 144 Å². The van der Waals surface area contributed by atoms with Gasteiger partial charge in [-0.05, 0) is 122 Å². The van der Waals surface area contributed by atoms with Crippen LogP contribution in [0.2, 0.25) is 0 Å². The van der Waals surface area contributed by atoms with Crippen LogP contribution < -0.4 is 0 Å². The third-order valence-corrected chi connectivity index (χ3v) is 10.4. The molecule has 2 nitrogen and oxygen atoms in total. The Morgan fingerprint density at radius 2 is 0.720 bits per heavy atom. The lowest BCUT2D eigenvalue weighted by atomic mass is 9.82. The Hall–Kier alpha value is -5.96. The summed E-state index contributed by atoms with van der Waals surface area (Å²) in [5.74, 6) is 0. The van der Waals surface area contributed by atoms with Gasteiger partial charge in [-0.25, -0.2) is 0 Å². The maximum absolute atomic E-state index is 10.2. The molecular formula is C48H38N2. The lowest BCUT2D eigenvalue weighted by molar-refractivity contribution is 0.590. The molecule has 0 saturated heterocycles. The van der Waals surface area contributed by atoms with Crippen molar-refractivity contribution in [3.8, 4) is 34.4 Å². The summed E-state index contributed by atoms with van der Waals surface area (Å²) in [4.78, 5) is 0. The molecule has 0 aliphatic heterocycles. The van der Waals surface area contributed by atoms with E-state index in [1.165, 1.54) is 32.7 Å². The first kappa shape index (κ1) is 31.3. The van der Waals surface area contributed by atoms with Crippen LogP contribution in [0.15, 0.2) is 121 Å². The van der Waals surface area contributed by atoms with Crippen molar-refractivity contribution in [2.75, 3.05) is 0 Å². The smallest absolute Gasteiger partial charge is 0.101 e. The second-order valence-corrected chi connectivity index (χ2v) is 15.6. The Bertz CT molecular complexity index is 2560. The maximum atomic E-state index is 10.2. The summed E-state index contributed by atoms with van der Waals surface area (Å²) in [6.07, 6.45) is 0. The van der Waals surface area contributed by atoms with E-state index in [-0.39, 0.29) is 10.8 Å². The van der Waals surface area contributed by atoms with Crippen LogP contribution in [0.25, 0.3) is 76.1 Å². The van der Waals surface area contributed by atoms with Gasteiger partial charge >= 0.3 is 0 Å². The number of benzene rings is 8. The molecule has 8 aromatic rings. The van der Waals surface area contributed by atoms with Gasteiger partial charge in [0.15, 0.2) is 0 Å². The highest BCUT2D eigenvalue weighted by Crippen LogP contribution is 2.47. The standard InChI is InChI=1S/C48H38N2/c1-47(2,3)33-19-15-29(16-20-33)39-25-43-41-23-31(27-49)32(28-50)24-42(41)44-26-40(30-17-21-34(22-18-30)48(4,5)6)36-12-8-10-14-38(36)46(44)45(43)37-13-9-7-11-35(37)39/h7-26H,1-6H3. The van der Waals surface area contributed by atoms with Gasteiger partial charge in [-0.2, -0.15) is 10.5 Å². The molecule has 0 unspecified atom stereocenters. The zero-order chi connectivity index (χ0) is 34.9. The van der Waals surface area contributed by atoms with Gasteiger partial charge in [0.25, 0.3) is 0 Å². The van der Waals surface area contributed by atoms with E-state index < -0.39 is 0 Å². The van der Waals surface area contributed by atoms with Gasteiger partial charge in [0.1, 0.15) is 12.1 Å². The molecule has 0 radical (unpaired) electrons. The van der Waals surface area contributed by atoms with E-state index in [2.05, 4.69) is 163 Å². The zero-order valence-electron chi connectivity index (χ0n) is 29.4. The summed E-state index contributed by atoms with van der Waals surface area (Å²) in [5, 5.41) is 31.6. The first-order valence-electron chi connectivity index (χ1n) is 17.3. The minimum Gasteiger partial charge on any atom is -0.192 e. The largest absolute Gasteiger partial charge is 0.192 e. The van der Waals surface area contributed by atoms with Crippen molar-refractivity contribution < 1.29 is 0 Å². The van der Waals surface area contributed by atoms with Gasteiger partial charge in [-0.3, -0.25) is 0 Å². The number of hydrogen-bond acceptors (Lipinski definition) is 2. The third kappa shape index (κ3) is 4.91. The van der Waals surface area contributed by atoms with E-state index in [1.807, 2.05) is 12.1 Å². The lowest BCUT2D eigenvalue weighted by Crippen LogP contribution is -2.10. The van der Waals surface area contributed by atoms with Crippen molar-refractivity contribution in [1.82, 2.24) is 0 Å². The van der Waals surface area contributed by atoms with Crippen molar-refractivity contribution in [2.24, 2.45) is 0 Å². The number of hydrogen-bond donors (Lipinski definition) is 0. The third-order valence-electron chi connectivity index (χ3n) is 10.4. The number of nitriles is 2. The number of nitrogens with zero attached hydrogens (tertiary/aromatic N) is 2. The van der Waals surface area contributed by atoms with Gasteiger partial charge in [0, 0.05) is 0 Å². The second-order valence-electron chi connectivity index (χ2n) is 15.6. The molecule has 0 aliphatic rings. The minimum atomic E-state index is 0.0553. The van der Waals surface area contributed by atoms with E-state index in [0.29, 0.717) is 11.1 Å². The van der Waals surface area contributed by atoms with Gasteiger partial charge in [0.05, 0.1) is 11.1 Å². The van der Waals surface area contributed by atoms with Crippen LogP contribution in [0, 0.1) is 22.7 Å². The molecular weight excluding hydrogens is 605 g/mol. The fraction of sp³-hybridized carbons (Fsp3) is 0.167. The van der Waals surface area contributed by atoms with E-state index in [1.54, 1.807) is 0 Å². The fourth-order valence-electron chi connectivity index (χ4n) is 7.72. The summed E-state index contributed by atoms with van der Waals surface area (Å²) in [6.45, 7) is 13.4. The first-order chi connectivity index (χ1) is 24.0. The molecule has 0 amide bonds. The SMILES string of the molecule is CC(C)(C)c1ccc(-c2cc3c4cc(C#N)c(C#N)cc4c4cc(-c5ccc(C(C)(C)C)cc5)c5ccccc5c4c3c3ccccc23)cc1. The molecule has 0 fully saturated rings. The van der Waals surface area contributed by atoms with Crippen molar-refractivity contribution in [1.29, 1.82) is 10.5 Å². The molecule has 0 aromatic heterocycles. The summed E-state index contributed by atoms with van der Waals surface area (Å²) in [7, 11) is 0. The Balaban J connectivity index is 1.57. The molecule has 50 heavy (non-hydrogen) atoms. The van der Waals surface area contributed by atoms with Crippen LogP contribution in [0.4, 0.5) is 0 Å². The van der Waals surface area contributed by atoms with Gasteiger partial charge in [0.2, 0.25) is 0 Å². The molecule has 0 saturated carbocycles. The van der Waals surface area contributed by atoms with Crippen LogP contribution in [-0.4, -0.2) is 0 Å². The highest BCUT2D eigenvalue weighted by atomic mass is 14.3. The molecule has 0 aliphatic carbocycles. The number of fused-ring (bicyclic) bond motifs is 10. The van der Waals surface area contributed by atoms with E-state index in [0.717, 1.165) is 54.6 Å². The van der Waals surface area contributed by atoms with Crippen molar-refractivity contribution >= 4 is 53.9 Å². The predicted octanol–water partition coefficient (Wildman–Crippen LogP) is 13.1. The lowest BCUT2D eigenvalue weighted by Gasteiger charge is -2.21. The monoisotopic (exact) mass is 642 g/mol. The molecule has 0 heterocycles. The quantitative estimate of drug-likeness (QED) is 0.176. The Kier molecular flexibility index (Phi) is 7.08. The average molecular weight is 643 g/mol. The molecule has 0 spiro atoms. The summed E-state index contributed by atoms with van der Waals surface area (Å²) >= 11 is 0. The van der Waals surface area contributed by atoms with Gasteiger partial charge in [-0.1, -0.05) is 139 Å². The van der Waals surface area contributed by atoms with Gasteiger partial charge < -0.3 is 0 Å². The van der Waals surface area contributed by atoms with Gasteiger partial charge in [-0.15, -0.1) is 0 Å². The minimum absolute atomic E-state index is 0.0553. The summed E-state index contributed by atoms with van der Waals surface area (Å²) in [5.41, 5.74) is 8.08. The summed E-state index contributed by atoms with van der Waals surface area (Å²) in [6, 6.07) is 48.4. The van der Waals surface area contributed by atoms with Crippen molar-refractivity contribution in [2.45, 2.75) is 52.4 Å². The first-order valence-corrected chi connectivity index (χ1v) is 17.3. The second kappa shape index (κ2) is 11.3. The predicted molar refractivity (Wildman–Crippen MR) is 212 cm³/mol. The van der Waals surface area contributed by atoms with E-state index in [4.69, 9.17) is 0 Å². The van der Waals surface area contributed by atoms with E-state index >= 15 is 0 Å². The molecule has 0 N–H and O–H groups in total. The van der Waals surface area contributed by atoms with Crippen molar-refractivity contribution in [3.63, 3.8) is 0 Å². The zero-order valence-corrected chi connectivity index (χ0v) is 29.4. The Morgan fingerprint density at radius 1 is 0.380 bits per heavy atom. The van der Waals surface area contributed by atoms with Crippen LogP contribution in [0.3, 0.4) is 0 Å². The highest BCUT2D eigenvalue weighted by Gasteiger charge is 2.21. The number of rotatable bonds is 2. The Labute approximate surface area is 293 Å². The molecule has 8 rings (SSSR count). The normalized spacial score (nSPS) is 12.2. The van der Waals surface area contributed by atoms with Crippen LogP contribution in [0.5, 0.6) is 0 Å². The topological polar surface area (TPSA) is 47.6 Å². The Morgan fingerprint density at radius 3 is 1.04 bits per heavy atom. The van der Waals surface area contributed by atoms with Crippen LogP contribution in [-0.2, 0) is 10.8 Å². The maximum Gasteiger partial charge on any atom is 0.101 e. The summed E-state index contributed by atoms with van der Waals surface area (Å²) < 4.78 is 0.